The quantitative estimate of drug-likeness (QED) is 0.663. The summed E-state index contributed by atoms with van der Waals surface area (Å²) in [6.45, 7) is 5.06. The molecule has 3 rings (SSSR count). The van der Waals surface area contributed by atoms with Crippen molar-refractivity contribution in [3.05, 3.63) is 54.1 Å². The van der Waals surface area contributed by atoms with Crippen molar-refractivity contribution in [1.82, 2.24) is 4.90 Å². The van der Waals surface area contributed by atoms with Gasteiger partial charge in [0.25, 0.3) is 0 Å². The molecule has 0 spiro atoms. The zero-order chi connectivity index (χ0) is 21.7. The summed E-state index contributed by atoms with van der Waals surface area (Å²) in [6, 6.07) is 15.5. The van der Waals surface area contributed by atoms with Gasteiger partial charge < -0.3 is 19.3 Å². The van der Waals surface area contributed by atoms with E-state index in [0.29, 0.717) is 30.3 Å². The maximum Gasteiger partial charge on any atom is 0.228 e. The first-order valence-electron chi connectivity index (χ1n) is 10.3. The Morgan fingerprint density at radius 3 is 2.47 bits per heavy atom. The van der Waals surface area contributed by atoms with E-state index in [1.165, 1.54) is 0 Å². The van der Waals surface area contributed by atoms with E-state index >= 15 is 0 Å². The van der Waals surface area contributed by atoms with Gasteiger partial charge in [-0.3, -0.25) is 9.59 Å². The monoisotopic (exact) mass is 410 g/mol. The fraction of sp³-hybridized carbons (Fsp3) is 0.417. The molecule has 160 valence electrons. The highest BCUT2D eigenvalue weighted by molar-refractivity contribution is 6.00. The van der Waals surface area contributed by atoms with Crippen molar-refractivity contribution in [1.29, 1.82) is 0 Å². The van der Waals surface area contributed by atoms with Crippen LogP contribution in [0.25, 0.3) is 0 Å². The molecule has 0 aromatic heterocycles. The van der Waals surface area contributed by atoms with Crippen LogP contribution in [0.5, 0.6) is 11.5 Å². The number of anilines is 1. The lowest BCUT2D eigenvalue weighted by Gasteiger charge is -2.31. The minimum atomic E-state index is -0.358. The highest BCUT2D eigenvalue weighted by Gasteiger charge is 2.38. The smallest absolute Gasteiger partial charge is 0.228 e. The molecule has 2 aromatic carbocycles. The van der Waals surface area contributed by atoms with Crippen LogP contribution in [-0.2, 0) is 16.1 Å². The number of hydrogen-bond donors (Lipinski definition) is 0. The number of nitrogens with zero attached hydrogens (tertiary/aromatic N) is 2. The summed E-state index contributed by atoms with van der Waals surface area (Å²) in [5, 5.41) is 0. The van der Waals surface area contributed by atoms with Crippen molar-refractivity contribution < 1.29 is 19.1 Å². The third-order valence-electron chi connectivity index (χ3n) is 5.75. The summed E-state index contributed by atoms with van der Waals surface area (Å²) in [4.78, 5) is 29.7. The maximum absolute atomic E-state index is 13.4. The van der Waals surface area contributed by atoms with Crippen LogP contribution < -0.4 is 14.4 Å². The number of carbonyl (C=O) groups excluding carboxylic acids is 2. The molecule has 2 atom stereocenters. The van der Waals surface area contributed by atoms with Gasteiger partial charge in [0.05, 0.1) is 20.1 Å². The maximum atomic E-state index is 13.4. The van der Waals surface area contributed by atoms with Gasteiger partial charge in [-0.05, 0) is 31.0 Å². The molecule has 6 nitrogen and oxygen atoms in total. The Morgan fingerprint density at radius 1 is 1.13 bits per heavy atom. The molecule has 0 saturated carbocycles. The fourth-order valence-electron chi connectivity index (χ4n) is 3.80. The van der Waals surface area contributed by atoms with Crippen LogP contribution in [0, 0.1) is 5.92 Å². The Kier molecular flexibility index (Phi) is 6.98. The average molecular weight is 411 g/mol. The minimum absolute atomic E-state index is 0.0320. The highest BCUT2D eigenvalue weighted by atomic mass is 16.5. The second kappa shape index (κ2) is 9.65. The molecule has 0 radical (unpaired) electrons. The van der Waals surface area contributed by atoms with E-state index in [2.05, 4.69) is 13.8 Å². The van der Waals surface area contributed by atoms with E-state index in [4.69, 9.17) is 9.47 Å². The summed E-state index contributed by atoms with van der Waals surface area (Å²) in [5.74, 6) is 0.784. The van der Waals surface area contributed by atoms with Crippen LogP contribution in [0.1, 0.15) is 32.3 Å². The number of ether oxygens (including phenoxy) is 2. The molecule has 2 amide bonds. The average Bonchev–Trinajstić information content (AvgIpc) is 3.18. The highest BCUT2D eigenvalue weighted by Crippen LogP contribution is 2.34. The van der Waals surface area contributed by atoms with Crippen molar-refractivity contribution in [3.8, 4) is 11.5 Å². The Bertz CT molecular complexity index is 884. The van der Waals surface area contributed by atoms with Gasteiger partial charge in [0.1, 0.15) is 0 Å². The molecule has 1 aliphatic rings. The molecular weight excluding hydrogens is 380 g/mol. The Morgan fingerprint density at radius 2 is 1.83 bits per heavy atom. The first kappa shape index (κ1) is 21.7. The molecule has 30 heavy (non-hydrogen) atoms. The third kappa shape index (κ3) is 4.58. The van der Waals surface area contributed by atoms with Crippen LogP contribution in [0.4, 0.5) is 5.69 Å². The van der Waals surface area contributed by atoms with Gasteiger partial charge in [-0.15, -0.1) is 0 Å². The molecule has 0 N–H and O–H groups in total. The van der Waals surface area contributed by atoms with Crippen molar-refractivity contribution in [2.45, 2.75) is 39.3 Å². The van der Waals surface area contributed by atoms with Gasteiger partial charge in [0.15, 0.2) is 11.5 Å². The molecule has 1 heterocycles. The van der Waals surface area contributed by atoms with E-state index in [9.17, 15) is 9.59 Å². The minimum Gasteiger partial charge on any atom is -0.493 e. The lowest BCUT2D eigenvalue weighted by molar-refractivity contribution is -0.138. The van der Waals surface area contributed by atoms with Crippen molar-refractivity contribution in [2.24, 2.45) is 5.92 Å². The normalized spacial score (nSPS) is 17.0. The zero-order valence-corrected chi connectivity index (χ0v) is 18.1. The number of amides is 2. The Hall–Kier alpha value is -3.02. The van der Waals surface area contributed by atoms with Crippen molar-refractivity contribution in [3.63, 3.8) is 0 Å². The van der Waals surface area contributed by atoms with E-state index in [-0.39, 0.29) is 30.2 Å². The second-order valence-corrected chi connectivity index (χ2v) is 7.65. The van der Waals surface area contributed by atoms with Gasteiger partial charge in [0.2, 0.25) is 11.8 Å². The molecule has 6 heteroatoms. The predicted molar refractivity (Wildman–Crippen MR) is 117 cm³/mol. The lowest BCUT2D eigenvalue weighted by atomic mass is 10.0. The number of hydrogen-bond acceptors (Lipinski definition) is 4. The summed E-state index contributed by atoms with van der Waals surface area (Å²) in [6.07, 6.45) is 1.08. The first-order chi connectivity index (χ1) is 14.5. The molecule has 1 fully saturated rings. The topological polar surface area (TPSA) is 59.1 Å². The lowest BCUT2D eigenvalue weighted by Crippen LogP contribution is -2.42. The largest absolute Gasteiger partial charge is 0.493 e. The number of benzene rings is 2. The molecule has 0 bridgehead atoms. The summed E-state index contributed by atoms with van der Waals surface area (Å²) < 4.78 is 10.6. The molecular formula is C24H30N2O4. The number of methoxy groups -OCH3 is 2. The summed E-state index contributed by atoms with van der Waals surface area (Å²) in [7, 11) is 3.14. The fourth-order valence-corrected chi connectivity index (χ4v) is 3.80. The van der Waals surface area contributed by atoms with E-state index in [0.717, 1.165) is 12.0 Å². The Labute approximate surface area is 178 Å². The van der Waals surface area contributed by atoms with Crippen molar-refractivity contribution in [2.75, 3.05) is 25.7 Å². The first-order valence-corrected chi connectivity index (χ1v) is 10.3. The SMILES string of the molecule is CCC(C)N(Cc1ccccc1)C(=O)C1CC(=O)N(c2ccc(OC)c(OC)c2)C1. The standard InChI is InChI=1S/C24H30N2O4/c1-5-17(2)25(15-18-9-7-6-8-10-18)24(28)19-13-23(27)26(16-19)20-11-12-21(29-3)22(14-20)30-4/h6-12,14,17,19H,5,13,15-16H2,1-4H3. The number of carbonyl (C=O) groups is 2. The second-order valence-electron chi connectivity index (χ2n) is 7.65. The van der Waals surface area contributed by atoms with Crippen LogP contribution in [0.15, 0.2) is 48.5 Å². The van der Waals surface area contributed by atoms with E-state index in [1.54, 1.807) is 31.3 Å². The molecule has 2 aromatic rings. The van der Waals surface area contributed by atoms with E-state index in [1.807, 2.05) is 41.3 Å². The molecule has 1 aliphatic heterocycles. The van der Waals surface area contributed by atoms with Gasteiger partial charge in [-0.1, -0.05) is 37.3 Å². The molecule has 0 aliphatic carbocycles. The van der Waals surface area contributed by atoms with Crippen LogP contribution in [0.2, 0.25) is 0 Å². The van der Waals surface area contributed by atoms with Gasteiger partial charge in [0, 0.05) is 37.3 Å². The van der Waals surface area contributed by atoms with Gasteiger partial charge >= 0.3 is 0 Å². The van der Waals surface area contributed by atoms with Crippen LogP contribution >= 0.6 is 0 Å². The van der Waals surface area contributed by atoms with E-state index < -0.39 is 0 Å². The summed E-state index contributed by atoms with van der Waals surface area (Å²) >= 11 is 0. The van der Waals surface area contributed by atoms with Crippen LogP contribution in [-0.4, -0.2) is 43.5 Å². The number of rotatable bonds is 8. The van der Waals surface area contributed by atoms with Gasteiger partial charge in [-0.2, -0.15) is 0 Å². The molecule has 1 saturated heterocycles. The summed E-state index contributed by atoms with van der Waals surface area (Å²) in [5.41, 5.74) is 1.80. The third-order valence-corrected chi connectivity index (χ3v) is 5.75. The van der Waals surface area contributed by atoms with Gasteiger partial charge in [-0.25, -0.2) is 0 Å². The zero-order valence-electron chi connectivity index (χ0n) is 18.1. The Balaban J connectivity index is 1.78. The van der Waals surface area contributed by atoms with Crippen LogP contribution in [0.3, 0.4) is 0 Å². The van der Waals surface area contributed by atoms with Crippen molar-refractivity contribution >= 4 is 17.5 Å². The molecule has 2 unspecified atom stereocenters. The predicted octanol–water partition coefficient (Wildman–Crippen LogP) is 3.88.